The van der Waals surface area contributed by atoms with Crippen LogP contribution in [0.1, 0.15) is 24.4 Å². The summed E-state index contributed by atoms with van der Waals surface area (Å²) < 4.78 is 1.15. The van der Waals surface area contributed by atoms with Crippen molar-refractivity contribution in [1.29, 1.82) is 0 Å². The van der Waals surface area contributed by atoms with Gasteiger partial charge in [0.1, 0.15) is 0 Å². The van der Waals surface area contributed by atoms with Gasteiger partial charge in [-0.2, -0.15) is 0 Å². The first-order valence-electron chi connectivity index (χ1n) is 8.88. The molecule has 1 aromatic heterocycles. The van der Waals surface area contributed by atoms with E-state index in [9.17, 15) is 4.79 Å². The topological polar surface area (TPSA) is 54.0 Å². The Labute approximate surface area is 183 Å². The highest BCUT2D eigenvalue weighted by atomic mass is 35.5. The lowest BCUT2D eigenvalue weighted by Gasteiger charge is -2.29. The molecular formula is C21H27Cl2N3OS. The van der Waals surface area contributed by atoms with Crippen LogP contribution in [-0.2, 0) is 16.6 Å². The van der Waals surface area contributed by atoms with Crippen LogP contribution in [0.5, 0.6) is 0 Å². The summed E-state index contributed by atoms with van der Waals surface area (Å²) in [5.74, 6) is 0.0325. The molecule has 1 heterocycles. The Morgan fingerprint density at radius 3 is 2.39 bits per heavy atom. The molecule has 1 amide bonds. The van der Waals surface area contributed by atoms with Gasteiger partial charge in [0.2, 0.25) is 5.91 Å². The summed E-state index contributed by atoms with van der Waals surface area (Å²) in [5.41, 5.74) is 1.34. The average molecular weight is 440 g/mol. The lowest BCUT2D eigenvalue weighted by Crippen LogP contribution is -2.47. The molecule has 152 valence electrons. The normalized spacial score (nSPS) is 13.7. The van der Waals surface area contributed by atoms with Gasteiger partial charge < -0.3 is 10.6 Å². The van der Waals surface area contributed by atoms with Crippen molar-refractivity contribution in [3.8, 4) is 0 Å². The molecule has 0 aliphatic rings. The highest BCUT2D eigenvalue weighted by Gasteiger charge is 2.36. The molecule has 0 saturated carbocycles. The molecule has 2 atom stereocenters. The molecule has 0 spiro atoms. The number of likely N-dealkylation sites (N-methyl/N-ethyl adjacent to an activating group) is 1. The van der Waals surface area contributed by atoms with Crippen molar-refractivity contribution < 1.29 is 4.79 Å². The molecule has 2 unspecified atom stereocenters. The molecule has 28 heavy (non-hydrogen) atoms. The fourth-order valence-corrected chi connectivity index (χ4v) is 4.08. The predicted octanol–water partition coefficient (Wildman–Crippen LogP) is 4.36. The molecule has 0 aliphatic carbocycles. The number of amides is 1. The molecule has 2 N–H and O–H groups in total. The fourth-order valence-electron chi connectivity index (χ4n) is 2.96. The van der Waals surface area contributed by atoms with Crippen LogP contribution in [0.15, 0.2) is 54.6 Å². The van der Waals surface area contributed by atoms with E-state index in [1.54, 1.807) is 11.3 Å². The first-order chi connectivity index (χ1) is 12.5. The number of aromatic nitrogens is 1. The highest BCUT2D eigenvalue weighted by molar-refractivity contribution is 7.18. The molecule has 0 fully saturated rings. The van der Waals surface area contributed by atoms with Gasteiger partial charge >= 0.3 is 0 Å². The number of nitrogens with zero attached hydrogens (tertiary/aromatic N) is 1. The number of carbonyl (C=O) groups is 1. The maximum absolute atomic E-state index is 13.1. The van der Waals surface area contributed by atoms with Crippen molar-refractivity contribution in [3.63, 3.8) is 0 Å². The van der Waals surface area contributed by atoms with Crippen LogP contribution < -0.4 is 10.6 Å². The van der Waals surface area contributed by atoms with Gasteiger partial charge in [0.05, 0.1) is 20.6 Å². The standard InChI is InChI=1S/C21H25N3OS.2ClH/c1-15(22-3)14-23-20(25)21(2,16-9-5-4-6-10-16)13-19-24-17-11-7-8-12-18(17)26-19;;/h4-12,15,22H,13-14H2,1-3H3,(H,23,25);2*1H. The summed E-state index contributed by atoms with van der Waals surface area (Å²) in [6.07, 6.45) is 0.579. The SMILES string of the molecule is CNC(C)CNC(=O)C(C)(Cc1nc2ccccc2s1)c1ccccc1.Cl.Cl. The van der Waals surface area contributed by atoms with Crippen molar-refractivity contribution in [3.05, 3.63) is 65.2 Å². The van der Waals surface area contributed by atoms with Crippen molar-refractivity contribution >= 4 is 52.3 Å². The third-order valence-corrected chi connectivity index (χ3v) is 5.85. The third-order valence-electron chi connectivity index (χ3n) is 4.82. The van der Waals surface area contributed by atoms with Gasteiger partial charge in [0.25, 0.3) is 0 Å². The third kappa shape index (κ3) is 5.45. The molecule has 0 saturated heterocycles. The van der Waals surface area contributed by atoms with E-state index in [1.165, 1.54) is 0 Å². The summed E-state index contributed by atoms with van der Waals surface area (Å²) in [6.45, 7) is 4.65. The van der Waals surface area contributed by atoms with Crippen LogP contribution >= 0.6 is 36.2 Å². The Kier molecular flexibility index (Phi) is 9.37. The fraction of sp³-hybridized carbons (Fsp3) is 0.333. The first kappa shape index (κ1) is 24.4. The summed E-state index contributed by atoms with van der Waals surface area (Å²) in [4.78, 5) is 17.9. The second-order valence-electron chi connectivity index (χ2n) is 6.85. The van der Waals surface area contributed by atoms with E-state index < -0.39 is 5.41 Å². The number of thiazole rings is 1. The number of hydrogen-bond donors (Lipinski definition) is 2. The molecule has 0 aliphatic heterocycles. The van der Waals surface area contributed by atoms with Crippen molar-refractivity contribution in [2.45, 2.75) is 31.7 Å². The molecule has 0 bridgehead atoms. The number of carbonyl (C=O) groups excluding carboxylic acids is 1. The Morgan fingerprint density at radius 2 is 1.75 bits per heavy atom. The first-order valence-corrected chi connectivity index (χ1v) is 9.70. The number of fused-ring (bicyclic) bond motifs is 1. The van der Waals surface area contributed by atoms with Crippen LogP contribution in [-0.4, -0.2) is 30.5 Å². The zero-order valence-electron chi connectivity index (χ0n) is 16.3. The molecule has 7 heteroatoms. The molecule has 0 radical (unpaired) electrons. The number of hydrogen-bond acceptors (Lipinski definition) is 4. The van der Waals surface area contributed by atoms with E-state index in [4.69, 9.17) is 4.98 Å². The van der Waals surface area contributed by atoms with Gasteiger partial charge in [-0.05, 0) is 38.6 Å². The molecule has 2 aromatic carbocycles. The Balaban J connectivity index is 0.00000196. The van der Waals surface area contributed by atoms with Gasteiger partial charge in [-0.15, -0.1) is 36.2 Å². The van der Waals surface area contributed by atoms with Crippen molar-refractivity contribution in [2.75, 3.05) is 13.6 Å². The van der Waals surface area contributed by atoms with Gasteiger partial charge in [0, 0.05) is 19.0 Å². The summed E-state index contributed by atoms with van der Waals surface area (Å²) in [6, 6.07) is 18.3. The number of para-hydroxylation sites is 1. The Hall–Kier alpha value is -1.66. The number of nitrogens with one attached hydrogen (secondary N) is 2. The van der Waals surface area contributed by atoms with Crippen LogP contribution in [0, 0.1) is 0 Å². The van der Waals surface area contributed by atoms with Gasteiger partial charge in [-0.3, -0.25) is 4.79 Å². The molecule has 3 aromatic rings. The summed E-state index contributed by atoms with van der Waals surface area (Å²) in [5, 5.41) is 7.24. The highest BCUT2D eigenvalue weighted by Crippen LogP contribution is 2.32. The van der Waals surface area contributed by atoms with Crippen molar-refractivity contribution in [1.82, 2.24) is 15.6 Å². The van der Waals surface area contributed by atoms with E-state index in [2.05, 4.69) is 16.7 Å². The quantitative estimate of drug-likeness (QED) is 0.574. The monoisotopic (exact) mass is 439 g/mol. The molecular weight excluding hydrogens is 413 g/mol. The van der Waals surface area contributed by atoms with E-state index in [0.29, 0.717) is 13.0 Å². The van der Waals surface area contributed by atoms with Gasteiger partial charge in [-0.1, -0.05) is 42.5 Å². The van der Waals surface area contributed by atoms with Crippen LogP contribution in [0.2, 0.25) is 0 Å². The summed E-state index contributed by atoms with van der Waals surface area (Å²) in [7, 11) is 1.90. The van der Waals surface area contributed by atoms with Crippen LogP contribution in [0.25, 0.3) is 10.2 Å². The van der Waals surface area contributed by atoms with E-state index in [1.807, 2.05) is 69.4 Å². The minimum atomic E-state index is -0.664. The second-order valence-corrected chi connectivity index (χ2v) is 7.97. The zero-order chi connectivity index (χ0) is 18.6. The minimum Gasteiger partial charge on any atom is -0.354 e. The van der Waals surface area contributed by atoms with E-state index in [-0.39, 0.29) is 36.8 Å². The largest absolute Gasteiger partial charge is 0.354 e. The lowest BCUT2D eigenvalue weighted by atomic mass is 9.78. The average Bonchev–Trinajstić information content (AvgIpc) is 3.08. The van der Waals surface area contributed by atoms with E-state index >= 15 is 0 Å². The molecule has 4 nitrogen and oxygen atoms in total. The maximum atomic E-state index is 13.1. The Bertz CT molecular complexity index is 855. The van der Waals surface area contributed by atoms with E-state index in [0.717, 1.165) is 20.8 Å². The number of benzene rings is 2. The Morgan fingerprint density at radius 1 is 1.11 bits per heavy atom. The zero-order valence-corrected chi connectivity index (χ0v) is 18.7. The molecule has 3 rings (SSSR count). The lowest BCUT2D eigenvalue weighted by molar-refractivity contribution is -0.126. The number of rotatable bonds is 7. The maximum Gasteiger partial charge on any atom is 0.230 e. The number of halogens is 2. The van der Waals surface area contributed by atoms with Crippen LogP contribution in [0.4, 0.5) is 0 Å². The minimum absolute atomic E-state index is 0. The summed E-state index contributed by atoms with van der Waals surface area (Å²) >= 11 is 1.66. The predicted molar refractivity (Wildman–Crippen MR) is 123 cm³/mol. The van der Waals surface area contributed by atoms with Crippen molar-refractivity contribution in [2.24, 2.45) is 0 Å². The van der Waals surface area contributed by atoms with Crippen LogP contribution in [0.3, 0.4) is 0 Å². The van der Waals surface area contributed by atoms with Gasteiger partial charge in [0.15, 0.2) is 0 Å². The smallest absolute Gasteiger partial charge is 0.230 e. The second kappa shape index (κ2) is 10.8. The van der Waals surface area contributed by atoms with Gasteiger partial charge in [-0.25, -0.2) is 4.98 Å².